The van der Waals surface area contributed by atoms with Crippen molar-refractivity contribution in [2.45, 2.75) is 0 Å². The van der Waals surface area contributed by atoms with Gasteiger partial charge >= 0.3 is 0 Å². The van der Waals surface area contributed by atoms with Gasteiger partial charge in [-0.2, -0.15) is 0 Å². The third-order valence-corrected chi connectivity index (χ3v) is 12.1. The van der Waals surface area contributed by atoms with Crippen molar-refractivity contribution in [3.63, 3.8) is 0 Å². The quantitative estimate of drug-likeness (QED) is 0.153. The van der Waals surface area contributed by atoms with Crippen LogP contribution >= 0.6 is 0 Å². The number of para-hydroxylation sites is 4. The Kier molecular flexibility index (Phi) is 8.56. The Labute approximate surface area is 350 Å². The van der Waals surface area contributed by atoms with Gasteiger partial charge in [-0.05, 0) is 113 Å². The zero-order valence-electron chi connectivity index (χ0n) is 33.6. The van der Waals surface area contributed by atoms with Crippen molar-refractivity contribution < 1.29 is 0 Å². The molecule has 0 atom stereocenters. The maximum atomic E-state index is 2.36. The van der Waals surface area contributed by atoms with Crippen molar-refractivity contribution >= 4 is 77.7 Å². The number of aryl methyl sites for hydroxylation is 2. The SMILES string of the molecule is Cn1c2ccccc2c2ccc(N(c3ccccc3)c3cccc(-c4cccc(-c5cccc(N(c6ccccc6)c6ccc7c8ccccc8n(C)c7c6)c5)c4)c3)cc21. The molecule has 0 saturated carbocycles. The van der Waals surface area contributed by atoms with Gasteiger partial charge < -0.3 is 18.9 Å². The molecule has 0 bridgehead atoms. The average molecular weight is 771 g/mol. The third kappa shape index (κ3) is 6.00. The van der Waals surface area contributed by atoms with Crippen LogP contribution in [0.5, 0.6) is 0 Å². The Morgan fingerprint density at radius 3 is 1.03 bits per heavy atom. The molecular weight excluding hydrogens is 729 g/mol. The molecule has 60 heavy (non-hydrogen) atoms. The Balaban J connectivity index is 0.975. The first-order valence-electron chi connectivity index (χ1n) is 20.5. The van der Waals surface area contributed by atoms with E-state index in [2.05, 4.69) is 251 Å². The fourth-order valence-corrected chi connectivity index (χ4v) is 9.15. The molecule has 0 aliphatic carbocycles. The van der Waals surface area contributed by atoms with E-state index in [1.54, 1.807) is 0 Å². The van der Waals surface area contributed by atoms with E-state index in [0.717, 1.165) is 56.4 Å². The highest BCUT2D eigenvalue weighted by molar-refractivity contribution is 6.10. The van der Waals surface area contributed by atoms with E-state index in [4.69, 9.17) is 0 Å². The third-order valence-electron chi connectivity index (χ3n) is 12.1. The molecule has 4 heteroatoms. The molecular formula is C56H42N4. The smallest absolute Gasteiger partial charge is 0.0509 e. The van der Waals surface area contributed by atoms with E-state index in [1.165, 1.54) is 43.6 Å². The lowest BCUT2D eigenvalue weighted by atomic mass is 9.98. The lowest BCUT2D eigenvalue weighted by Crippen LogP contribution is -2.10. The predicted octanol–water partition coefficient (Wildman–Crippen LogP) is 15.2. The van der Waals surface area contributed by atoms with Gasteiger partial charge in [0.05, 0.1) is 11.0 Å². The van der Waals surface area contributed by atoms with E-state index in [0.29, 0.717) is 0 Å². The lowest BCUT2D eigenvalue weighted by molar-refractivity contribution is 1.01. The minimum Gasteiger partial charge on any atom is -0.344 e. The van der Waals surface area contributed by atoms with Gasteiger partial charge in [-0.1, -0.05) is 127 Å². The fraction of sp³-hybridized carbons (Fsp3) is 0.0357. The molecule has 0 saturated heterocycles. The summed E-state index contributed by atoms with van der Waals surface area (Å²) in [6.07, 6.45) is 0. The maximum Gasteiger partial charge on any atom is 0.0509 e. The Hall–Kier alpha value is -7.82. The number of hydrogen-bond donors (Lipinski definition) is 0. The second kappa shape index (κ2) is 14.5. The average Bonchev–Trinajstić information content (AvgIpc) is 3.76. The van der Waals surface area contributed by atoms with Gasteiger partial charge in [0.15, 0.2) is 0 Å². The molecule has 0 unspecified atom stereocenters. The summed E-state index contributed by atoms with van der Waals surface area (Å²) < 4.78 is 4.60. The molecule has 0 radical (unpaired) electrons. The summed E-state index contributed by atoms with van der Waals surface area (Å²) in [5, 5.41) is 5.07. The highest BCUT2D eigenvalue weighted by atomic mass is 15.1. The van der Waals surface area contributed by atoms with Crippen molar-refractivity contribution in [2.24, 2.45) is 14.1 Å². The van der Waals surface area contributed by atoms with Crippen LogP contribution in [-0.4, -0.2) is 9.13 Å². The number of fused-ring (bicyclic) bond motifs is 6. The summed E-state index contributed by atoms with van der Waals surface area (Å²) in [6, 6.07) is 79.1. The highest BCUT2D eigenvalue weighted by Crippen LogP contribution is 2.42. The van der Waals surface area contributed by atoms with E-state index < -0.39 is 0 Å². The fourth-order valence-electron chi connectivity index (χ4n) is 9.15. The topological polar surface area (TPSA) is 16.3 Å². The molecule has 0 N–H and O–H groups in total. The molecule has 9 aromatic carbocycles. The van der Waals surface area contributed by atoms with Gasteiger partial charge in [0, 0.05) is 80.8 Å². The van der Waals surface area contributed by atoms with Crippen LogP contribution in [0.25, 0.3) is 65.9 Å². The first kappa shape index (κ1) is 35.4. The Bertz CT molecular complexity index is 3140. The highest BCUT2D eigenvalue weighted by Gasteiger charge is 2.18. The summed E-state index contributed by atoms with van der Waals surface area (Å²) in [4.78, 5) is 4.73. The Morgan fingerprint density at radius 1 is 0.250 bits per heavy atom. The minimum atomic E-state index is 1.10. The van der Waals surface area contributed by atoms with Crippen molar-refractivity contribution in [1.82, 2.24) is 9.13 Å². The van der Waals surface area contributed by atoms with Crippen LogP contribution in [-0.2, 0) is 14.1 Å². The molecule has 0 fully saturated rings. The lowest BCUT2D eigenvalue weighted by Gasteiger charge is -2.26. The number of aromatic nitrogens is 2. The van der Waals surface area contributed by atoms with E-state index in [-0.39, 0.29) is 0 Å². The van der Waals surface area contributed by atoms with Gasteiger partial charge in [0.2, 0.25) is 0 Å². The van der Waals surface area contributed by atoms with Crippen LogP contribution in [0.15, 0.2) is 218 Å². The summed E-state index contributed by atoms with van der Waals surface area (Å²) in [6.45, 7) is 0. The van der Waals surface area contributed by atoms with Crippen LogP contribution in [0.1, 0.15) is 0 Å². The molecule has 4 nitrogen and oxygen atoms in total. The largest absolute Gasteiger partial charge is 0.344 e. The number of nitrogens with zero attached hydrogens (tertiary/aromatic N) is 4. The first-order valence-corrected chi connectivity index (χ1v) is 20.5. The summed E-state index contributed by atoms with van der Waals surface area (Å²) in [5.74, 6) is 0. The van der Waals surface area contributed by atoms with Crippen LogP contribution in [0.2, 0.25) is 0 Å². The molecule has 11 aromatic rings. The van der Waals surface area contributed by atoms with Gasteiger partial charge in [-0.15, -0.1) is 0 Å². The molecule has 0 aliphatic rings. The molecule has 2 heterocycles. The normalized spacial score (nSPS) is 11.5. The Morgan fingerprint density at radius 2 is 0.583 bits per heavy atom. The van der Waals surface area contributed by atoms with E-state index >= 15 is 0 Å². The van der Waals surface area contributed by atoms with Gasteiger partial charge in [-0.25, -0.2) is 0 Å². The summed E-state index contributed by atoms with van der Waals surface area (Å²) in [7, 11) is 4.32. The monoisotopic (exact) mass is 770 g/mol. The predicted molar refractivity (Wildman–Crippen MR) is 255 cm³/mol. The number of rotatable bonds is 8. The van der Waals surface area contributed by atoms with Crippen molar-refractivity contribution in [2.75, 3.05) is 9.80 Å². The zero-order valence-corrected chi connectivity index (χ0v) is 33.6. The van der Waals surface area contributed by atoms with Crippen molar-refractivity contribution in [3.05, 3.63) is 218 Å². The summed E-state index contributed by atoms with van der Waals surface area (Å²) in [5.41, 5.74) is 16.2. The van der Waals surface area contributed by atoms with Crippen LogP contribution in [0.4, 0.5) is 34.1 Å². The zero-order chi connectivity index (χ0) is 40.2. The molecule has 0 aliphatic heterocycles. The van der Waals surface area contributed by atoms with Gasteiger partial charge in [0.25, 0.3) is 0 Å². The second-order valence-corrected chi connectivity index (χ2v) is 15.6. The molecule has 286 valence electrons. The number of anilines is 6. The molecule has 11 rings (SSSR count). The van der Waals surface area contributed by atoms with Crippen LogP contribution < -0.4 is 9.80 Å². The van der Waals surface area contributed by atoms with Gasteiger partial charge in [-0.3, -0.25) is 0 Å². The van der Waals surface area contributed by atoms with E-state index in [1.807, 2.05) is 0 Å². The maximum absolute atomic E-state index is 2.36. The summed E-state index contributed by atoms with van der Waals surface area (Å²) >= 11 is 0. The minimum absolute atomic E-state index is 1.10. The standard InChI is InChI=1S/C56H42N4/c1-57-53-28-11-9-26-49(53)51-32-30-47(37-55(51)57)59(43-20-5-3-6-21-43)45-24-14-18-41(35-45)39-16-13-17-40(34-39)42-19-15-25-46(36-42)60(44-22-7-4-8-23-44)48-31-33-52-50-27-10-12-29-54(50)58(2)56(52)38-48/h3-38H,1-2H3. The van der Waals surface area contributed by atoms with E-state index in [9.17, 15) is 0 Å². The van der Waals surface area contributed by atoms with Crippen molar-refractivity contribution in [3.8, 4) is 22.3 Å². The number of hydrogen-bond acceptors (Lipinski definition) is 2. The molecule has 2 aromatic heterocycles. The molecule has 0 spiro atoms. The second-order valence-electron chi connectivity index (χ2n) is 15.6. The van der Waals surface area contributed by atoms with Gasteiger partial charge in [0.1, 0.15) is 0 Å². The van der Waals surface area contributed by atoms with Crippen molar-refractivity contribution in [1.29, 1.82) is 0 Å². The first-order chi connectivity index (χ1) is 29.6. The van der Waals surface area contributed by atoms with Crippen LogP contribution in [0, 0.1) is 0 Å². The molecule has 0 amide bonds. The van der Waals surface area contributed by atoms with Crippen LogP contribution in [0.3, 0.4) is 0 Å². The number of benzene rings is 9.